The second-order valence-corrected chi connectivity index (χ2v) is 0.827. The number of carboxylic acids is 1. The van der Waals surface area contributed by atoms with Crippen molar-refractivity contribution in [1.82, 2.24) is 0 Å². The van der Waals surface area contributed by atoms with Crippen LogP contribution in [0, 0.1) is 0 Å². The standard InChI is InChI=1S/C3H6O3.Li.H/c1-6-2-3(4)5;;/h2H2,1H3,(H,4,5);;. The first-order valence-corrected chi connectivity index (χ1v) is 1.48. The Kier molecular flexibility index (Phi) is 8.70. The monoisotopic (exact) mass is 98.1 g/mol. The third-order valence-corrected chi connectivity index (χ3v) is 0.268. The minimum absolute atomic E-state index is 0. The number of rotatable bonds is 2. The quantitative estimate of drug-likeness (QED) is 0.454. The zero-order valence-electron chi connectivity index (χ0n) is 3.47. The van der Waals surface area contributed by atoms with Crippen LogP contribution in [-0.2, 0) is 9.53 Å². The molecule has 0 bridgehead atoms. The summed E-state index contributed by atoms with van der Waals surface area (Å²) in [7, 11) is 1.34. The average molecular weight is 98.0 g/mol. The van der Waals surface area contributed by atoms with Gasteiger partial charge in [-0.05, 0) is 0 Å². The predicted octanol–water partition coefficient (Wildman–Crippen LogP) is -0.931. The maximum absolute atomic E-state index is 9.47. The Hall–Kier alpha value is 0.0274. The number of aliphatic carboxylic acids is 1. The molecule has 0 aromatic rings. The topological polar surface area (TPSA) is 46.5 Å². The predicted molar refractivity (Wildman–Crippen MR) is 26.7 cm³/mol. The van der Waals surface area contributed by atoms with Gasteiger partial charge in [0.2, 0.25) is 0 Å². The summed E-state index contributed by atoms with van der Waals surface area (Å²) in [6, 6.07) is 0. The molecule has 0 saturated heterocycles. The van der Waals surface area contributed by atoms with Gasteiger partial charge in [0, 0.05) is 7.11 Å². The van der Waals surface area contributed by atoms with Crippen LogP contribution in [0.2, 0.25) is 0 Å². The van der Waals surface area contributed by atoms with Gasteiger partial charge in [-0.2, -0.15) is 0 Å². The average Bonchev–Trinajstić information content (AvgIpc) is 1.35. The number of hydrogen-bond donors (Lipinski definition) is 1. The molecule has 0 saturated carbocycles. The normalized spacial score (nSPS) is 7.00. The van der Waals surface area contributed by atoms with Crippen molar-refractivity contribution in [1.29, 1.82) is 0 Å². The van der Waals surface area contributed by atoms with Crippen LogP contribution in [-0.4, -0.2) is 43.7 Å². The van der Waals surface area contributed by atoms with Crippen LogP contribution in [0.25, 0.3) is 0 Å². The van der Waals surface area contributed by atoms with Crippen molar-refractivity contribution in [2.45, 2.75) is 0 Å². The third-order valence-electron chi connectivity index (χ3n) is 0.268. The summed E-state index contributed by atoms with van der Waals surface area (Å²) in [6.45, 7) is -0.208. The number of hydrogen-bond acceptors (Lipinski definition) is 2. The Morgan fingerprint density at radius 2 is 2.29 bits per heavy atom. The molecule has 0 aliphatic carbocycles. The molecule has 7 heavy (non-hydrogen) atoms. The molecular formula is C3H7LiO3. The second-order valence-electron chi connectivity index (χ2n) is 0.827. The zero-order valence-corrected chi connectivity index (χ0v) is 3.47. The van der Waals surface area contributed by atoms with Gasteiger partial charge >= 0.3 is 24.8 Å². The van der Waals surface area contributed by atoms with Crippen LogP contribution in [0.1, 0.15) is 0 Å². The van der Waals surface area contributed by atoms with E-state index in [0.717, 1.165) is 0 Å². The Morgan fingerprint density at radius 1 is 1.86 bits per heavy atom. The van der Waals surface area contributed by atoms with Crippen molar-refractivity contribution >= 4 is 24.8 Å². The van der Waals surface area contributed by atoms with Gasteiger partial charge in [0.15, 0.2) is 0 Å². The summed E-state index contributed by atoms with van der Waals surface area (Å²) < 4.78 is 4.20. The van der Waals surface area contributed by atoms with E-state index in [1.165, 1.54) is 7.11 Å². The van der Waals surface area contributed by atoms with Gasteiger partial charge in [0.25, 0.3) is 0 Å². The van der Waals surface area contributed by atoms with E-state index in [9.17, 15) is 4.79 Å². The van der Waals surface area contributed by atoms with E-state index in [0.29, 0.717) is 0 Å². The molecule has 0 heterocycles. The molecule has 3 nitrogen and oxygen atoms in total. The summed E-state index contributed by atoms with van der Waals surface area (Å²) in [5.41, 5.74) is 0. The van der Waals surface area contributed by atoms with E-state index in [1.54, 1.807) is 0 Å². The van der Waals surface area contributed by atoms with Crippen LogP contribution in [0.4, 0.5) is 0 Å². The van der Waals surface area contributed by atoms with Gasteiger partial charge < -0.3 is 9.84 Å². The number of ether oxygens (including phenoxy) is 1. The molecule has 0 fully saturated rings. The first-order chi connectivity index (χ1) is 2.77. The van der Waals surface area contributed by atoms with Gasteiger partial charge in [-0.3, -0.25) is 0 Å². The molecule has 4 heteroatoms. The molecule has 0 radical (unpaired) electrons. The van der Waals surface area contributed by atoms with Crippen LogP contribution < -0.4 is 0 Å². The van der Waals surface area contributed by atoms with Gasteiger partial charge in [0.05, 0.1) is 0 Å². The molecule has 0 rings (SSSR count). The second kappa shape index (κ2) is 6.03. The molecule has 0 aliphatic heterocycles. The molecule has 0 aliphatic rings. The van der Waals surface area contributed by atoms with Crippen molar-refractivity contribution in [3.05, 3.63) is 0 Å². The van der Waals surface area contributed by atoms with E-state index in [-0.39, 0.29) is 25.5 Å². The Bertz CT molecular complexity index is 54.1. The van der Waals surface area contributed by atoms with Gasteiger partial charge in [-0.1, -0.05) is 0 Å². The van der Waals surface area contributed by atoms with E-state index >= 15 is 0 Å². The van der Waals surface area contributed by atoms with Crippen molar-refractivity contribution in [3.63, 3.8) is 0 Å². The van der Waals surface area contributed by atoms with E-state index in [1.807, 2.05) is 0 Å². The molecule has 38 valence electrons. The molecule has 1 N–H and O–H groups in total. The summed E-state index contributed by atoms with van der Waals surface area (Å²) in [5.74, 6) is -0.933. The Labute approximate surface area is 53.8 Å². The zero-order chi connectivity index (χ0) is 4.99. The fourth-order valence-electron chi connectivity index (χ4n) is 0.123. The Balaban J connectivity index is 0. The first-order valence-electron chi connectivity index (χ1n) is 1.48. The van der Waals surface area contributed by atoms with E-state index in [4.69, 9.17) is 5.11 Å². The summed E-state index contributed by atoms with van der Waals surface area (Å²) in [5, 5.41) is 7.79. The summed E-state index contributed by atoms with van der Waals surface area (Å²) >= 11 is 0. The van der Waals surface area contributed by atoms with Crippen LogP contribution >= 0.6 is 0 Å². The van der Waals surface area contributed by atoms with Crippen molar-refractivity contribution in [2.75, 3.05) is 13.7 Å². The van der Waals surface area contributed by atoms with Crippen molar-refractivity contribution < 1.29 is 14.6 Å². The van der Waals surface area contributed by atoms with Gasteiger partial charge in [-0.25, -0.2) is 4.79 Å². The molecule has 0 aromatic heterocycles. The minimum atomic E-state index is -0.933. The van der Waals surface area contributed by atoms with E-state index < -0.39 is 5.97 Å². The SMILES string of the molecule is COCC(=O)O.[LiH]. The summed E-state index contributed by atoms with van der Waals surface area (Å²) in [4.78, 5) is 9.47. The molecule has 0 atom stereocenters. The first kappa shape index (κ1) is 10.1. The van der Waals surface area contributed by atoms with Crippen LogP contribution in [0.3, 0.4) is 0 Å². The Morgan fingerprint density at radius 3 is 2.29 bits per heavy atom. The van der Waals surface area contributed by atoms with E-state index in [2.05, 4.69) is 4.74 Å². The van der Waals surface area contributed by atoms with Crippen molar-refractivity contribution in [2.24, 2.45) is 0 Å². The molecule has 0 aromatic carbocycles. The fourth-order valence-corrected chi connectivity index (χ4v) is 0.123. The van der Waals surface area contributed by atoms with Crippen LogP contribution in [0.5, 0.6) is 0 Å². The maximum atomic E-state index is 9.47. The third kappa shape index (κ3) is 10.7. The number of carbonyl (C=O) groups is 1. The molecule has 0 spiro atoms. The molecule has 0 amide bonds. The molecular weight excluding hydrogens is 91.0 g/mol. The van der Waals surface area contributed by atoms with Crippen molar-refractivity contribution in [3.8, 4) is 0 Å². The fraction of sp³-hybridized carbons (Fsp3) is 0.667. The van der Waals surface area contributed by atoms with Crippen LogP contribution in [0.15, 0.2) is 0 Å². The number of methoxy groups -OCH3 is 1. The molecule has 0 unspecified atom stereocenters. The number of carboxylic acid groups (broad SMARTS) is 1. The summed E-state index contributed by atoms with van der Waals surface area (Å²) in [6.07, 6.45) is 0. The van der Waals surface area contributed by atoms with Gasteiger partial charge in [0.1, 0.15) is 6.61 Å². The van der Waals surface area contributed by atoms with Gasteiger partial charge in [-0.15, -0.1) is 0 Å².